The van der Waals surface area contributed by atoms with E-state index in [2.05, 4.69) is 10.6 Å². The molecular weight excluding hydrogens is 380 g/mol. The lowest BCUT2D eigenvalue weighted by Gasteiger charge is -2.13. The average Bonchev–Trinajstić information content (AvgIpc) is 3.40. The lowest BCUT2D eigenvalue weighted by molar-refractivity contribution is -0.124. The number of ether oxygens (including phenoxy) is 1. The number of amides is 2. The van der Waals surface area contributed by atoms with Crippen LogP contribution in [0.25, 0.3) is 0 Å². The molecule has 2 aromatic heterocycles. The van der Waals surface area contributed by atoms with Gasteiger partial charge in [-0.2, -0.15) is 0 Å². The van der Waals surface area contributed by atoms with Gasteiger partial charge in [0.2, 0.25) is 0 Å². The number of carbonyl (C=O) groups excluding carboxylic acids is 3. The molecule has 0 aliphatic rings. The van der Waals surface area contributed by atoms with Crippen molar-refractivity contribution < 1.29 is 23.5 Å². The summed E-state index contributed by atoms with van der Waals surface area (Å²) in [5.74, 6) is -1.50. The molecule has 2 N–H and O–H groups in total. The van der Waals surface area contributed by atoms with E-state index in [1.54, 1.807) is 24.3 Å². The van der Waals surface area contributed by atoms with Crippen LogP contribution in [0.15, 0.2) is 64.6 Å². The largest absolute Gasteiger partial charge is 0.459 e. The standard InChI is InChI=1S/C20H18N2O5S/c1-13(17-9-5-11-28-17)21-18(23)12-27-20(25)14-6-2-3-7-15(14)22-19(24)16-8-4-10-26-16/h2-11,13H,12H2,1H3,(H,21,23)(H,22,24)/t13-/m1/s1. The number of nitrogens with one attached hydrogen (secondary N) is 2. The van der Waals surface area contributed by atoms with Gasteiger partial charge in [-0.3, -0.25) is 9.59 Å². The lowest BCUT2D eigenvalue weighted by atomic mass is 10.1. The number of benzene rings is 1. The maximum atomic E-state index is 12.4. The second-order valence-electron chi connectivity index (χ2n) is 5.86. The van der Waals surface area contributed by atoms with Crippen molar-refractivity contribution >= 4 is 34.8 Å². The Balaban J connectivity index is 1.58. The molecule has 0 bridgehead atoms. The van der Waals surface area contributed by atoms with Gasteiger partial charge in [0.25, 0.3) is 11.8 Å². The highest BCUT2D eigenvalue weighted by atomic mass is 32.1. The monoisotopic (exact) mass is 398 g/mol. The Morgan fingerprint density at radius 3 is 2.64 bits per heavy atom. The molecule has 0 fully saturated rings. The van der Waals surface area contributed by atoms with Crippen LogP contribution in [-0.4, -0.2) is 24.4 Å². The fraction of sp³-hybridized carbons (Fsp3) is 0.150. The van der Waals surface area contributed by atoms with Crippen LogP contribution in [-0.2, 0) is 9.53 Å². The Labute approximate surface area is 165 Å². The first kappa shape index (κ1) is 19.4. The maximum absolute atomic E-state index is 12.4. The predicted molar refractivity (Wildman–Crippen MR) is 104 cm³/mol. The van der Waals surface area contributed by atoms with Gasteiger partial charge in [-0.25, -0.2) is 4.79 Å². The minimum atomic E-state index is -0.714. The zero-order valence-electron chi connectivity index (χ0n) is 15.0. The highest BCUT2D eigenvalue weighted by molar-refractivity contribution is 7.10. The highest BCUT2D eigenvalue weighted by Crippen LogP contribution is 2.19. The molecule has 2 heterocycles. The molecule has 0 spiro atoms. The number of hydrogen-bond acceptors (Lipinski definition) is 6. The lowest BCUT2D eigenvalue weighted by Crippen LogP contribution is -2.30. The smallest absolute Gasteiger partial charge is 0.340 e. The van der Waals surface area contributed by atoms with E-state index in [1.165, 1.54) is 29.7 Å². The molecule has 3 rings (SSSR count). The first-order chi connectivity index (χ1) is 13.5. The minimum Gasteiger partial charge on any atom is -0.459 e. The summed E-state index contributed by atoms with van der Waals surface area (Å²) in [4.78, 5) is 37.5. The van der Waals surface area contributed by atoms with E-state index in [9.17, 15) is 14.4 Å². The SMILES string of the molecule is C[C@@H](NC(=O)COC(=O)c1ccccc1NC(=O)c1ccco1)c1cccs1. The Morgan fingerprint density at radius 2 is 1.93 bits per heavy atom. The number of esters is 1. The number of anilines is 1. The summed E-state index contributed by atoms with van der Waals surface area (Å²) in [6, 6.07) is 13.1. The number of rotatable bonds is 7. The molecule has 0 unspecified atom stereocenters. The van der Waals surface area contributed by atoms with Crippen LogP contribution in [0.4, 0.5) is 5.69 Å². The number of furan rings is 1. The van der Waals surface area contributed by atoms with Gasteiger partial charge < -0.3 is 19.8 Å². The van der Waals surface area contributed by atoms with Crippen LogP contribution in [0.5, 0.6) is 0 Å². The van der Waals surface area contributed by atoms with Crippen LogP contribution in [0.2, 0.25) is 0 Å². The molecule has 1 atom stereocenters. The first-order valence-electron chi connectivity index (χ1n) is 8.48. The molecule has 3 aromatic rings. The second kappa shape index (κ2) is 9.01. The second-order valence-corrected chi connectivity index (χ2v) is 6.84. The third-order valence-electron chi connectivity index (χ3n) is 3.82. The summed E-state index contributed by atoms with van der Waals surface area (Å²) in [5.41, 5.74) is 0.405. The predicted octanol–water partition coefficient (Wildman–Crippen LogP) is 3.63. The van der Waals surface area contributed by atoms with E-state index >= 15 is 0 Å². The van der Waals surface area contributed by atoms with Crippen molar-refractivity contribution in [3.05, 3.63) is 76.4 Å². The van der Waals surface area contributed by atoms with Gasteiger partial charge in [0, 0.05) is 4.88 Å². The van der Waals surface area contributed by atoms with Crippen molar-refractivity contribution in [1.29, 1.82) is 0 Å². The van der Waals surface area contributed by atoms with Gasteiger partial charge in [-0.05, 0) is 42.6 Å². The summed E-state index contributed by atoms with van der Waals surface area (Å²) in [5, 5.41) is 7.29. The molecule has 144 valence electrons. The molecular formula is C20H18N2O5S. The van der Waals surface area contributed by atoms with E-state index < -0.39 is 24.4 Å². The maximum Gasteiger partial charge on any atom is 0.340 e. The van der Waals surface area contributed by atoms with Gasteiger partial charge in [-0.15, -0.1) is 11.3 Å². The zero-order chi connectivity index (χ0) is 19.9. The highest BCUT2D eigenvalue weighted by Gasteiger charge is 2.18. The quantitative estimate of drug-likeness (QED) is 0.592. The Kier molecular flexibility index (Phi) is 6.23. The minimum absolute atomic E-state index is 0.116. The molecule has 28 heavy (non-hydrogen) atoms. The van der Waals surface area contributed by atoms with Crippen molar-refractivity contribution in [3.63, 3.8) is 0 Å². The van der Waals surface area contributed by atoms with E-state index in [0.29, 0.717) is 0 Å². The van der Waals surface area contributed by atoms with Crippen molar-refractivity contribution in [1.82, 2.24) is 5.32 Å². The molecule has 0 saturated heterocycles. The molecule has 8 heteroatoms. The van der Waals surface area contributed by atoms with Crippen molar-refractivity contribution in [2.24, 2.45) is 0 Å². The number of hydrogen-bond donors (Lipinski definition) is 2. The van der Waals surface area contributed by atoms with Gasteiger partial charge in [0.05, 0.1) is 23.6 Å². The van der Waals surface area contributed by atoms with Crippen molar-refractivity contribution in [2.75, 3.05) is 11.9 Å². The number of thiophene rings is 1. The summed E-state index contributed by atoms with van der Waals surface area (Å²) < 4.78 is 10.1. The van der Waals surface area contributed by atoms with Gasteiger partial charge in [-0.1, -0.05) is 18.2 Å². The summed E-state index contributed by atoms with van der Waals surface area (Å²) in [7, 11) is 0. The fourth-order valence-corrected chi connectivity index (χ4v) is 3.20. The van der Waals surface area contributed by atoms with Crippen LogP contribution >= 0.6 is 11.3 Å². The Bertz CT molecular complexity index is 951. The van der Waals surface area contributed by atoms with Crippen LogP contribution < -0.4 is 10.6 Å². The van der Waals surface area contributed by atoms with Crippen LogP contribution in [0.3, 0.4) is 0 Å². The molecule has 0 radical (unpaired) electrons. The van der Waals surface area contributed by atoms with E-state index in [1.807, 2.05) is 24.4 Å². The molecule has 1 aromatic carbocycles. The van der Waals surface area contributed by atoms with Gasteiger partial charge >= 0.3 is 5.97 Å². The van der Waals surface area contributed by atoms with E-state index in [4.69, 9.17) is 9.15 Å². The summed E-state index contributed by atoms with van der Waals surface area (Å²) in [6.07, 6.45) is 1.38. The number of para-hydroxylation sites is 1. The first-order valence-corrected chi connectivity index (χ1v) is 9.36. The fourth-order valence-electron chi connectivity index (χ4n) is 2.46. The summed E-state index contributed by atoms with van der Waals surface area (Å²) in [6.45, 7) is 1.43. The normalized spacial score (nSPS) is 11.5. The van der Waals surface area contributed by atoms with Crippen molar-refractivity contribution in [2.45, 2.75) is 13.0 Å². The topological polar surface area (TPSA) is 97.6 Å². The summed E-state index contributed by atoms with van der Waals surface area (Å²) >= 11 is 1.53. The zero-order valence-corrected chi connectivity index (χ0v) is 15.8. The van der Waals surface area contributed by atoms with Crippen molar-refractivity contribution in [3.8, 4) is 0 Å². The average molecular weight is 398 g/mol. The third-order valence-corrected chi connectivity index (χ3v) is 4.88. The van der Waals surface area contributed by atoms with Crippen LogP contribution in [0.1, 0.15) is 38.8 Å². The molecule has 0 saturated carbocycles. The molecule has 7 nitrogen and oxygen atoms in total. The van der Waals surface area contributed by atoms with E-state index in [0.717, 1.165) is 4.88 Å². The number of carbonyl (C=O) groups is 3. The van der Waals surface area contributed by atoms with Gasteiger partial charge in [0.1, 0.15) is 0 Å². The molecule has 0 aliphatic heterocycles. The third kappa shape index (κ3) is 4.86. The van der Waals surface area contributed by atoms with Gasteiger partial charge in [0.15, 0.2) is 12.4 Å². The molecule has 2 amide bonds. The Hall–Kier alpha value is -3.39. The van der Waals surface area contributed by atoms with Crippen LogP contribution in [0, 0.1) is 0 Å². The molecule has 0 aliphatic carbocycles. The van der Waals surface area contributed by atoms with E-state index in [-0.39, 0.29) is 23.1 Å². The Morgan fingerprint density at radius 1 is 1.11 bits per heavy atom.